The number of carbonyl (C=O) groups is 1. The van der Waals surface area contributed by atoms with Crippen LogP contribution in [0, 0.1) is 5.92 Å². The van der Waals surface area contributed by atoms with Crippen molar-refractivity contribution in [3.05, 3.63) is 22.6 Å². The second kappa shape index (κ2) is 6.45. The molecule has 5 heteroatoms. The number of hydrogen-bond donors (Lipinski definition) is 1. The molecule has 0 saturated carbocycles. The zero-order chi connectivity index (χ0) is 12.1. The van der Waals surface area contributed by atoms with E-state index in [4.69, 9.17) is 4.42 Å². The molecule has 1 rings (SSSR count). The zero-order valence-corrected chi connectivity index (χ0v) is 12.5. The molecular formula is C11H15Br2NO2. The first-order chi connectivity index (χ1) is 7.56. The van der Waals surface area contributed by atoms with Crippen molar-refractivity contribution in [2.24, 2.45) is 5.92 Å². The van der Waals surface area contributed by atoms with Gasteiger partial charge in [0.25, 0.3) is 5.91 Å². The van der Waals surface area contributed by atoms with Crippen LogP contribution >= 0.6 is 31.9 Å². The predicted octanol–water partition coefficient (Wildman–Crippen LogP) is 3.58. The molecule has 0 aromatic carbocycles. The van der Waals surface area contributed by atoms with Crippen LogP contribution < -0.4 is 5.32 Å². The Hall–Kier alpha value is -0.290. The molecule has 1 heterocycles. The van der Waals surface area contributed by atoms with Crippen LogP contribution in [0.2, 0.25) is 0 Å². The van der Waals surface area contributed by atoms with Gasteiger partial charge in [-0.05, 0) is 34.3 Å². The van der Waals surface area contributed by atoms with Crippen molar-refractivity contribution < 1.29 is 9.21 Å². The Labute approximate surface area is 112 Å². The molecule has 1 atom stereocenters. The minimum absolute atomic E-state index is 0.0970. The van der Waals surface area contributed by atoms with Gasteiger partial charge in [0.05, 0.1) is 11.8 Å². The maximum Gasteiger partial charge on any atom is 0.255 e. The van der Waals surface area contributed by atoms with Crippen molar-refractivity contribution in [2.75, 3.05) is 5.33 Å². The van der Waals surface area contributed by atoms with Gasteiger partial charge in [0, 0.05) is 11.4 Å². The normalized spacial score (nSPS) is 12.8. The quantitative estimate of drug-likeness (QED) is 0.823. The average Bonchev–Trinajstić information content (AvgIpc) is 2.63. The highest BCUT2D eigenvalue weighted by atomic mass is 79.9. The van der Waals surface area contributed by atoms with Gasteiger partial charge in [-0.3, -0.25) is 4.79 Å². The van der Waals surface area contributed by atoms with Crippen molar-refractivity contribution in [1.29, 1.82) is 0 Å². The van der Waals surface area contributed by atoms with E-state index in [0.717, 1.165) is 11.8 Å². The SMILES string of the molecule is CC(C)C(CCBr)NC(=O)c1ccoc1Br. The third-order valence-corrected chi connectivity index (χ3v) is 3.48. The standard InChI is InChI=1S/C11H15Br2NO2/c1-7(2)9(3-5-12)14-11(15)8-4-6-16-10(8)13/h4,6-7,9H,3,5H2,1-2H3,(H,14,15). The number of halogens is 2. The van der Waals surface area contributed by atoms with Crippen molar-refractivity contribution >= 4 is 37.8 Å². The van der Waals surface area contributed by atoms with Crippen LogP contribution in [0.25, 0.3) is 0 Å². The molecule has 1 aromatic heterocycles. The van der Waals surface area contributed by atoms with Gasteiger partial charge in [-0.2, -0.15) is 0 Å². The number of hydrogen-bond acceptors (Lipinski definition) is 2. The summed E-state index contributed by atoms with van der Waals surface area (Å²) in [6.07, 6.45) is 2.41. The summed E-state index contributed by atoms with van der Waals surface area (Å²) in [5.74, 6) is 0.312. The van der Waals surface area contributed by atoms with Gasteiger partial charge < -0.3 is 9.73 Å². The smallest absolute Gasteiger partial charge is 0.255 e. The summed E-state index contributed by atoms with van der Waals surface area (Å²) in [7, 11) is 0. The molecule has 1 unspecified atom stereocenters. The van der Waals surface area contributed by atoms with E-state index in [1.807, 2.05) is 0 Å². The first-order valence-corrected chi connectivity index (χ1v) is 7.07. The number of carbonyl (C=O) groups excluding carboxylic acids is 1. The topological polar surface area (TPSA) is 42.2 Å². The number of rotatable bonds is 5. The van der Waals surface area contributed by atoms with Gasteiger partial charge in [0.15, 0.2) is 4.67 Å². The lowest BCUT2D eigenvalue weighted by Crippen LogP contribution is -2.38. The van der Waals surface area contributed by atoms with Gasteiger partial charge in [-0.25, -0.2) is 0 Å². The summed E-state index contributed by atoms with van der Waals surface area (Å²) in [6, 6.07) is 1.83. The largest absolute Gasteiger partial charge is 0.457 e. The Kier molecular flexibility index (Phi) is 5.55. The number of amides is 1. The third-order valence-electron chi connectivity index (χ3n) is 2.40. The van der Waals surface area contributed by atoms with Crippen LogP contribution in [-0.4, -0.2) is 17.3 Å². The van der Waals surface area contributed by atoms with Crippen LogP contribution in [-0.2, 0) is 0 Å². The summed E-state index contributed by atoms with van der Waals surface area (Å²) >= 11 is 6.59. The van der Waals surface area contributed by atoms with Crippen molar-refractivity contribution in [1.82, 2.24) is 5.32 Å². The van der Waals surface area contributed by atoms with Crippen LogP contribution in [0.15, 0.2) is 21.4 Å². The Morgan fingerprint density at radius 1 is 1.56 bits per heavy atom. The monoisotopic (exact) mass is 351 g/mol. The summed E-state index contributed by atoms with van der Waals surface area (Å²) in [4.78, 5) is 11.9. The van der Waals surface area contributed by atoms with Gasteiger partial charge in [-0.1, -0.05) is 29.8 Å². The van der Waals surface area contributed by atoms with E-state index < -0.39 is 0 Å². The van der Waals surface area contributed by atoms with Crippen LogP contribution in [0.5, 0.6) is 0 Å². The molecular weight excluding hydrogens is 338 g/mol. The number of furan rings is 1. The molecule has 1 N–H and O–H groups in total. The molecule has 16 heavy (non-hydrogen) atoms. The second-order valence-corrected chi connectivity index (χ2v) is 5.42. The van der Waals surface area contributed by atoms with Crippen molar-refractivity contribution in [3.63, 3.8) is 0 Å². The maximum absolute atomic E-state index is 11.9. The molecule has 1 aromatic rings. The van der Waals surface area contributed by atoms with E-state index in [2.05, 4.69) is 51.0 Å². The first kappa shape index (κ1) is 13.8. The third kappa shape index (κ3) is 3.63. The maximum atomic E-state index is 11.9. The van der Waals surface area contributed by atoms with Crippen molar-refractivity contribution in [2.45, 2.75) is 26.3 Å². The Morgan fingerprint density at radius 2 is 2.25 bits per heavy atom. The van der Waals surface area contributed by atoms with E-state index in [1.54, 1.807) is 6.07 Å². The van der Waals surface area contributed by atoms with Crippen LogP contribution in [0.4, 0.5) is 0 Å². The lowest BCUT2D eigenvalue weighted by atomic mass is 10.0. The molecule has 1 amide bonds. The molecule has 0 radical (unpaired) electrons. The van der Waals surface area contributed by atoms with Crippen molar-refractivity contribution in [3.8, 4) is 0 Å². The van der Waals surface area contributed by atoms with Gasteiger partial charge in [0.1, 0.15) is 0 Å². The Morgan fingerprint density at radius 3 is 2.69 bits per heavy atom. The number of nitrogens with one attached hydrogen (secondary N) is 1. The van der Waals surface area contributed by atoms with E-state index in [1.165, 1.54) is 6.26 Å². The van der Waals surface area contributed by atoms with E-state index in [9.17, 15) is 4.79 Å². The predicted molar refractivity (Wildman–Crippen MR) is 70.9 cm³/mol. The molecule has 0 fully saturated rings. The first-order valence-electron chi connectivity index (χ1n) is 5.16. The van der Waals surface area contributed by atoms with Crippen LogP contribution in [0.1, 0.15) is 30.6 Å². The molecule has 0 saturated heterocycles. The lowest BCUT2D eigenvalue weighted by Gasteiger charge is -2.21. The summed E-state index contributed by atoms with van der Waals surface area (Å²) in [5.41, 5.74) is 0.542. The van der Waals surface area contributed by atoms with Gasteiger partial charge >= 0.3 is 0 Å². The van der Waals surface area contributed by atoms with E-state index in [0.29, 0.717) is 16.2 Å². The second-order valence-electron chi connectivity index (χ2n) is 3.91. The molecule has 0 spiro atoms. The van der Waals surface area contributed by atoms with Gasteiger partial charge in [0.2, 0.25) is 0 Å². The molecule has 0 aliphatic rings. The molecule has 3 nitrogen and oxygen atoms in total. The Bertz CT molecular complexity index is 350. The fourth-order valence-electron chi connectivity index (χ4n) is 1.39. The minimum atomic E-state index is -0.0970. The van der Waals surface area contributed by atoms with E-state index in [-0.39, 0.29) is 11.9 Å². The average molecular weight is 353 g/mol. The molecule has 0 bridgehead atoms. The van der Waals surface area contributed by atoms with E-state index >= 15 is 0 Å². The highest BCUT2D eigenvalue weighted by Gasteiger charge is 2.19. The fourth-order valence-corrected chi connectivity index (χ4v) is 2.30. The molecule has 90 valence electrons. The van der Waals surface area contributed by atoms with Crippen LogP contribution in [0.3, 0.4) is 0 Å². The Balaban J connectivity index is 2.65. The summed E-state index contributed by atoms with van der Waals surface area (Å²) < 4.78 is 5.51. The fraction of sp³-hybridized carbons (Fsp3) is 0.545. The van der Waals surface area contributed by atoms with Gasteiger partial charge in [-0.15, -0.1) is 0 Å². The molecule has 0 aliphatic carbocycles. The highest BCUT2D eigenvalue weighted by molar-refractivity contribution is 9.10. The number of alkyl halides is 1. The zero-order valence-electron chi connectivity index (χ0n) is 9.30. The lowest BCUT2D eigenvalue weighted by molar-refractivity contribution is 0.0923. The summed E-state index contributed by atoms with van der Waals surface area (Å²) in [6.45, 7) is 4.19. The molecule has 0 aliphatic heterocycles. The highest BCUT2D eigenvalue weighted by Crippen LogP contribution is 2.18. The summed E-state index contributed by atoms with van der Waals surface area (Å²) in [5, 5.41) is 3.88. The minimum Gasteiger partial charge on any atom is -0.457 e.